The van der Waals surface area contributed by atoms with E-state index in [0.29, 0.717) is 5.56 Å². The van der Waals surface area contributed by atoms with Crippen molar-refractivity contribution in [2.75, 3.05) is 20.1 Å². The molecule has 1 heterocycles. The maximum absolute atomic E-state index is 12.9. The zero-order chi connectivity index (χ0) is 17.0. The zero-order valence-electron chi connectivity index (χ0n) is 13.8. The topological polar surface area (TPSA) is 61.4 Å². The second kappa shape index (κ2) is 7.55. The van der Waals surface area contributed by atoms with E-state index in [4.69, 9.17) is 0 Å². The van der Waals surface area contributed by atoms with Crippen LogP contribution in [0.3, 0.4) is 0 Å². The Labute approximate surface area is 136 Å². The molecule has 0 saturated carbocycles. The Morgan fingerprint density at radius 3 is 2.48 bits per heavy atom. The molecule has 23 heavy (non-hydrogen) atoms. The Hall–Kier alpha value is -1.95. The van der Waals surface area contributed by atoms with Crippen LogP contribution < -0.4 is 10.6 Å². The number of hydrogen-bond acceptors (Lipinski definition) is 3. The summed E-state index contributed by atoms with van der Waals surface area (Å²) in [6.45, 7) is 5.47. The van der Waals surface area contributed by atoms with Crippen LogP contribution in [0.1, 0.15) is 30.6 Å². The van der Waals surface area contributed by atoms with Gasteiger partial charge in [0.05, 0.1) is 0 Å². The maximum atomic E-state index is 12.9. The predicted octanol–water partition coefficient (Wildman–Crippen LogP) is 1.40. The van der Waals surface area contributed by atoms with Crippen molar-refractivity contribution in [3.05, 3.63) is 35.6 Å². The van der Waals surface area contributed by atoms with Gasteiger partial charge in [-0.2, -0.15) is 0 Å². The first-order valence-electron chi connectivity index (χ1n) is 7.94. The van der Waals surface area contributed by atoms with Gasteiger partial charge in [-0.15, -0.1) is 0 Å². The summed E-state index contributed by atoms with van der Waals surface area (Å²) in [5, 5.41) is 6.01. The van der Waals surface area contributed by atoms with Gasteiger partial charge in [-0.1, -0.05) is 13.8 Å². The fraction of sp³-hybridized carbons (Fsp3) is 0.529. The van der Waals surface area contributed by atoms with E-state index in [1.165, 1.54) is 24.3 Å². The van der Waals surface area contributed by atoms with Gasteiger partial charge in [0.2, 0.25) is 5.91 Å². The molecule has 5 nitrogen and oxygen atoms in total. The first kappa shape index (κ1) is 17.4. The molecule has 1 saturated heterocycles. The number of halogens is 1. The van der Waals surface area contributed by atoms with Gasteiger partial charge in [0.1, 0.15) is 11.9 Å². The standard InChI is InChI=1S/C17H24FN3O2/c1-11(2)15(17(23)21(3)14-8-9-19-10-14)20-16(22)12-4-6-13(18)7-5-12/h4-7,11,14-15,19H,8-10H2,1-3H3,(H,20,22). The molecule has 2 amide bonds. The molecule has 1 fully saturated rings. The molecule has 0 radical (unpaired) electrons. The summed E-state index contributed by atoms with van der Waals surface area (Å²) >= 11 is 0. The van der Waals surface area contributed by atoms with Crippen LogP contribution in [0.2, 0.25) is 0 Å². The fourth-order valence-electron chi connectivity index (χ4n) is 2.71. The van der Waals surface area contributed by atoms with Gasteiger partial charge < -0.3 is 15.5 Å². The SMILES string of the molecule is CC(C)C(NC(=O)c1ccc(F)cc1)C(=O)N(C)C1CCNC1. The first-order chi connectivity index (χ1) is 10.9. The predicted molar refractivity (Wildman–Crippen MR) is 86.5 cm³/mol. The molecule has 1 aliphatic rings. The summed E-state index contributed by atoms with van der Waals surface area (Å²) in [6, 6.07) is 4.85. The molecule has 2 N–H and O–H groups in total. The molecule has 1 aromatic carbocycles. The number of amides is 2. The highest BCUT2D eigenvalue weighted by Crippen LogP contribution is 2.13. The average molecular weight is 321 g/mol. The quantitative estimate of drug-likeness (QED) is 0.862. The van der Waals surface area contributed by atoms with Crippen LogP contribution in [0.4, 0.5) is 4.39 Å². The molecule has 2 atom stereocenters. The van der Waals surface area contributed by atoms with Crippen molar-refractivity contribution in [3.8, 4) is 0 Å². The molecule has 2 unspecified atom stereocenters. The first-order valence-corrected chi connectivity index (χ1v) is 7.94. The van der Waals surface area contributed by atoms with E-state index in [1.54, 1.807) is 11.9 Å². The molecule has 0 aromatic heterocycles. The Balaban J connectivity index is 2.06. The molecule has 1 aromatic rings. The molecular formula is C17H24FN3O2. The molecule has 6 heteroatoms. The second-order valence-corrected chi connectivity index (χ2v) is 6.30. The van der Waals surface area contributed by atoms with Gasteiger partial charge in [-0.3, -0.25) is 9.59 Å². The highest BCUT2D eigenvalue weighted by atomic mass is 19.1. The van der Waals surface area contributed by atoms with Crippen LogP contribution in [0.25, 0.3) is 0 Å². The smallest absolute Gasteiger partial charge is 0.251 e. The molecule has 0 bridgehead atoms. The zero-order valence-corrected chi connectivity index (χ0v) is 13.8. The number of rotatable bonds is 5. The lowest BCUT2D eigenvalue weighted by molar-refractivity contribution is -0.134. The monoisotopic (exact) mass is 321 g/mol. The summed E-state index contributed by atoms with van der Waals surface area (Å²) < 4.78 is 12.9. The van der Waals surface area contributed by atoms with Gasteiger partial charge >= 0.3 is 0 Å². The number of carbonyl (C=O) groups is 2. The lowest BCUT2D eigenvalue weighted by Gasteiger charge is -2.30. The second-order valence-electron chi connectivity index (χ2n) is 6.30. The molecule has 1 aliphatic heterocycles. The lowest BCUT2D eigenvalue weighted by Crippen LogP contribution is -2.53. The number of hydrogen-bond donors (Lipinski definition) is 2. The van der Waals surface area contributed by atoms with E-state index in [9.17, 15) is 14.0 Å². The van der Waals surface area contributed by atoms with Crippen molar-refractivity contribution in [1.29, 1.82) is 0 Å². The van der Waals surface area contributed by atoms with Crippen LogP contribution in [-0.4, -0.2) is 48.9 Å². The minimum absolute atomic E-state index is 0.0382. The number of nitrogens with one attached hydrogen (secondary N) is 2. The van der Waals surface area contributed by atoms with Crippen LogP contribution in [0, 0.1) is 11.7 Å². The maximum Gasteiger partial charge on any atom is 0.251 e. The number of benzene rings is 1. The van der Waals surface area contributed by atoms with Crippen LogP contribution >= 0.6 is 0 Å². The lowest BCUT2D eigenvalue weighted by atomic mass is 10.0. The van der Waals surface area contributed by atoms with Crippen LogP contribution in [0.5, 0.6) is 0 Å². The van der Waals surface area contributed by atoms with E-state index in [-0.39, 0.29) is 23.8 Å². The normalized spacial score (nSPS) is 18.7. The Bertz CT molecular complexity index is 553. The van der Waals surface area contributed by atoms with Gasteiger partial charge in [0, 0.05) is 25.2 Å². The van der Waals surface area contributed by atoms with Crippen molar-refractivity contribution in [2.24, 2.45) is 5.92 Å². The minimum Gasteiger partial charge on any atom is -0.340 e. The van der Waals surface area contributed by atoms with Crippen molar-refractivity contribution in [3.63, 3.8) is 0 Å². The third-order valence-corrected chi connectivity index (χ3v) is 4.26. The van der Waals surface area contributed by atoms with Crippen molar-refractivity contribution >= 4 is 11.8 Å². The highest BCUT2D eigenvalue weighted by molar-refractivity contribution is 5.97. The van der Waals surface area contributed by atoms with E-state index in [1.807, 2.05) is 13.8 Å². The average Bonchev–Trinajstić information content (AvgIpc) is 3.05. The van der Waals surface area contributed by atoms with E-state index >= 15 is 0 Å². The number of nitrogens with zero attached hydrogens (tertiary/aromatic N) is 1. The van der Waals surface area contributed by atoms with E-state index in [0.717, 1.165) is 19.5 Å². The molecule has 126 valence electrons. The van der Waals surface area contributed by atoms with Gasteiger partial charge in [-0.05, 0) is 43.1 Å². The molecule has 0 aliphatic carbocycles. The minimum atomic E-state index is -0.599. The van der Waals surface area contributed by atoms with Crippen molar-refractivity contribution in [1.82, 2.24) is 15.5 Å². The summed E-state index contributed by atoms with van der Waals surface area (Å²) in [5.41, 5.74) is 0.343. The van der Waals surface area contributed by atoms with Crippen LogP contribution in [-0.2, 0) is 4.79 Å². The largest absolute Gasteiger partial charge is 0.340 e. The highest BCUT2D eigenvalue weighted by Gasteiger charge is 2.31. The number of likely N-dealkylation sites (N-methyl/N-ethyl adjacent to an activating group) is 1. The Morgan fingerprint density at radius 1 is 1.30 bits per heavy atom. The summed E-state index contributed by atoms with van der Waals surface area (Å²) in [7, 11) is 1.78. The number of carbonyl (C=O) groups excluding carboxylic acids is 2. The molecule has 0 spiro atoms. The fourth-order valence-corrected chi connectivity index (χ4v) is 2.71. The van der Waals surface area contributed by atoms with Gasteiger partial charge in [0.25, 0.3) is 5.91 Å². The van der Waals surface area contributed by atoms with Crippen molar-refractivity contribution < 1.29 is 14.0 Å². The van der Waals surface area contributed by atoms with E-state index < -0.39 is 11.9 Å². The summed E-state index contributed by atoms with van der Waals surface area (Å²) in [4.78, 5) is 26.7. The van der Waals surface area contributed by atoms with Gasteiger partial charge in [-0.25, -0.2) is 4.39 Å². The molecular weight excluding hydrogens is 297 g/mol. The van der Waals surface area contributed by atoms with Crippen molar-refractivity contribution in [2.45, 2.75) is 32.4 Å². The third kappa shape index (κ3) is 4.28. The third-order valence-electron chi connectivity index (χ3n) is 4.26. The van der Waals surface area contributed by atoms with Gasteiger partial charge in [0.15, 0.2) is 0 Å². The summed E-state index contributed by atoms with van der Waals surface area (Å²) in [6.07, 6.45) is 0.916. The Morgan fingerprint density at radius 2 is 1.96 bits per heavy atom. The Kier molecular flexibility index (Phi) is 5.71. The van der Waals surface area contributed by atoms with Crippen LogP contribution in [0.15, 0.2) is 24.3 Å². The summed E-state index contributed by atoms with van der Waals surface area (Å²) in [5.74, 6) is -0.894. The van der Waals surface area contributed by atoms with E-state index in [2.05, 4.69) is 10.6 Å². The molecule has 2 rings (SSSR count).